The van der Waals surface area contributed by atoms with Gasteiger partial charge in [0.25, 0.3) is 0 Å². The average molecular weight is 192 g/mol. The molecule has 1 saturated carbocycles. The highest BCUT2D eigenvalue weighted by Gasteiger charge is 2.21. The van der Waals surface area contributed by atoms with E-state index in [-0.39, 0.29) is 0 Å². The van der Waals surface area contributed by atoms with Crippen LogP contribution in [0.3, 0.4) is 0 Å². The van der Waals surface area contributed by atoms with Gasteiger partial charge in [-0.3, -0.25) is 0 Å². The van der Waals surface area contributed by atoms with Crippen molar-refractivity contribution < 1.29 is 0 Å². The minimum Gasteiger partial charge on any atom is -0.360 e. The molecular formula is C10H12N2S. The van der Waals surface area contributed by atoms with E-state index in [0.717, 1.165) is 10.8 Å². The van der Waals surface area contributed by atoms with Gasteiger partial charge < -0.3 is 10.6 Å². The molecule has 68 valence electrons. The Labute approximate surface area is 83.3 Å². The second kappa shape index (κ2) is 3.75. The van der Waals surface area contributed by atoms with Gasteiger partial charge in [-0.05, 0) is 37.2 Å². The zero-order valence-electron chi connectivity index (χ0n) is 7.29. The Balaban J connectivity index is 1.86. The first-order valence-corrected chi connectivity index (χ1v) is 4.88. The molecule has 0 aromatic heterocycles. The fraction of sp³-hybridized carbons (Fsp3) is 0.300. The summed E-state index contributed by atoms with van der Waals surface area (Å²) in [5, 5.41) is 7.09. The van der Waals surface area contributed by atoms with E-state index in [2.05, 4.69) is 10.6 Å². The summed E-state index contributed by atoms with van der Waals surface area (Å²) in [4.78, 5) is 0. The lowest BCUT2D eigenvalue weighted by molar-refractivity contribution is 0.919. The topological polar surface area (TPSA) is 24.1 Å². The maximum absolute atomic E-state index is 5.13. The predicted molar refractivity (Wildman–Crippen MR) is 58.8 cm³/mol. The van der Waals surface area contributed by atoms with Crippen LogP contribution in [-0.2, 0) is 0 Å². The SMILES string of the molecule is S=C(Nc1ccccc1)NC1CC1. The Kier molecular flexibility index (Phi) is 2.45. The maximum atomic E-state index is 5.13. The van der Waals surface area contributed by atoms with Gasteiger partial charge in [0.1, 0.15) is 0 Å². The molecule has 0 heterocycles. The van der Waals surface area contributed by atoms with Gasteiger partial charge in [0.2, 0.25) is 0 Å². The van der Waals surface area contributed by atoms with E-state index in [0.29, 0.717) is 6.04 Å². The Bertz CT molecular complexity index is 293. The molecule has 1 aliphatic rings. The van der Waals surface area contributed by atoms with E-state index in [1.54, 1.807) is 0 Å². The molecule has 0 unspecified atom stereocenters. The molecule has 0 spiro atoms. The molecule has 2 N–H and O–H groups in total. The van der Waals surface area contributed by atoms with Crippen molar-refractivity contribution in [1.29, 1.82) is 0 Å². The van der Waals surface area contributed by atoms with Crippen molar-refractivity contribution in [2.75, 3.05) is 5.32 Å². The smallest absolute Gasteiger partial charge is 0.170 e. The van der Waals surface area contributed by atoms with Gasteiger partial charge in [-0.2, -0.15) is 0 Å². The highest BCUT2D eigenvalue weighted by molar-refractivity contribution is 7.80. The van der Waals surface area contributed by atoms with Crippen LogP contribution in [0.15, 0.2) is 30.3 Å². The third-order valence-electron chi connectivity index (χ3n) is 1.94. The lowest BCUT2D eigenvalue weighted by Crippen LogP contribution is -2.29. The van der Waals surface area contributed by atoms with Crippen molar-refractivity contribution in [2.24, 2.45) is 0 Å². The molecular weight excluding hydrogens is 180 g/mol. The van der Waals surface area contributed by atoms with Gasteiger partial charge in [0.05, 0.1) is 0 Å². The van der Waals surface area contributed by atoms with Crippen LogP contribution in [0.25, 0.3) is 0 Å². The summed E-state index contributed by atoms with van der Waals surface area (Å²) >= 11 is 5.13. The fourth-order valence-corrected chi connectivity index (χ4v) is 1.39. The van der Waals surface area contributed by atoms with Crippen molar-refractivity contribution in [3.8, 4) is 0 Å². The number of anilines is 1. The lowest BCUT2D eigenvalue weighted by atomic mass is 10.3. The number of rotatable bonds is 2. The number of thiocarbonyl (C=S) groups is 1. The molecule has 0 radical (unpaired) electrons. The summed E-state index contributed by atoms with van der Waals surface area (Å²) < 4.78 is 0. The van der Waals surface area contributed by atoms with Gasteiger partial charge in [-0.1, -0.05) is 18.2 Å². The predicted octanol–water partition coefficient (Wildman–Crippen LogP) is 2.14. The van der Waals surface area contributed by atoms with E-state index >= 15 is 0 Å². The van der Waals surface area contributed by atoms with Crippen LogP contribution in [-0.4, -0.2) is 11.2 Å². The number of nitrogens with one attached hydrogen (secondary N) is 2. The van der Waals surface area contributed by atoms with Crippen molar-refractivity contribution in [3.05, 3.63) is 30.3 Å². The normalized spacial score (nSPS) is 15.1. The van der Waals surface area contributed by atoms with Gasteiger partial charge in [-0.25, -0.2) is 0 Å². The highest BCUT2D eigenvalue weighted by atomic mass is 32.1. The van der Waals surface area contributed by atoms with Gasteiger partial charge in [0, 0.05) is 11.7 Å². The first-order valence-electron chi connectivity index (χ1n) is 4.47. The molecule has 1 aliphatic carbocycles. The van der Waals surface area contributed by atoms with E-state index in [1.165, 1.54) is 12.8 Å². The molecule has 1 fully saturated rings. The average Bonchev–Trinajstić information content (AvgIpc) is 2.90. The molecule has 1 aromatic rings. The summed E-state index contributed by atoms with van der Waals surface area (Å²) in [7, 11) is 0. The van der Waals surface area contributed by atoms with Crippen LogP contribution >= 0.6 is 12.2 Å². The zero-order chi connectivity index (χ0) is 9.10. The Morgan fingerprint density at radius 1 is 1.23 bits per heavy atom. The van der Waals surface area contributed by atoms with Crippen LogP contribution in [0, 0.1) is 0 Å². The summed E-state index contributed by atoms with van der Waals surface area (Å²) in [5.74, 6) is 0. The highest BCUT2D eigenvalue weighted by Crippen LogP contribution is 2.18. The molecule has 1 aromatic carbocycles. The number of hydrogen-bond donors (Lipinski definition) is 2. The van der Waals surface area contributed by atoms with Crippen molar-refractivity contribution in [1.82, 2.24) is 5.32 Å². The fourth-order valence-electron chi connectivity index (χ4n) is 1.10. The molecule has 0 saturated heterocycles. The summed E-state index contributed by atoms with van der Waals surface area (Å²) in [6.45, 7) is 0. The molecule has 3 heteroatoms. The quantitative estimate of drug-likeness (QED) is 0.702. The third-order valence-corrected chi connectivity index (χ3v) is 2.16. The number of benzene rings is 1. The molecule has 2 nitrogen and oxygen atoms in total. The second-order valence-electron chi connectivity index (χ2n) is 3.24. The molecule has 0 aliphatic heterocycles. The molecule has 2 rings (SSSR count). The Hall–Kier alpha value is -1.09. The van der Waals surface area contributed by atoms with Crippen LogP contribution in [0.1, 0.15) is 12.8 Å². The molecule has 0 bridgehead atoms. The summed E-state index contributed by atoms with van der Waals surface area (Å²) in [6.07, 6.45) is 2.49. The van der Waals surface area contributed by atoms with E-state index in [4.69, 9.17) is 12.2 Å². The largest absolute Gasteiger partial charge is 0.360 e. The van der Waals surface area contributed by atoms with E-state index in [9.17, 15) is 0 Å². The van der Waals surface area contributed by atoms with Gasteiger partial charge in [-0.15, -0.1) is 0 Å². The summed E-state index contributed by atoms with van der Waals surface area (Å²) in [5.41, 5.74) is 1.04. The maximum Gasteiger partial charge on any atom is 0.170 e. The molecule has 13 heavy (non-hydrogen) atoms. The number of para-hydroxylation sites is 1. The zero-order valence-corrected chi connectivity index (χ0v) is 8.10. The Morgan fingerprint density at radius 3 is 2.54 bits per heavy atom. The van der Waals surface area contributed by atoms with E-state index < -0.39 is 0 Å². The molecule has 0 atom stereocenters. The minimum atomic E-state index is 0.615. The standard InChI is InChI=1S/C10H12N2S/c13-10(12-9-6-7-9)11-8-4-2-1-3-5-8/h1-5,9H,6-7H2,(H2,11,12,13). The second-order valence-corrected chi connectivity index (χ2v) is 3.65. The first kappa shape index (κ1) is 8.51. The van der Waals surface area contributed by atoms with Crippen molar-refractivity contribution in [2.45, 2.75) is 18.9 Å². The number of hydrogen-bond acceptors (Lipinski definition) is 1. The Morgan fingerprint density at radius 2 is 1.92 bits per heavy atom. The lowest BCUT2D eigenvalue weighted by Gasteiger charge is -2.08. The molecule has 0 amide bonds. The van der Waals surface area contributed by atoms with Gasteiger partial charge >= 0.3 is 0 Å². The van der Waals surface area contributed by atoms with Gasteiger partial charge in [0.15, 0.2) is 5.11 Å². The minimum absolute atomic E-state index is 0.615. The van der Waals surface area contributed by atoms with Crippen LogP contribution < -0.4 is 10.6 Å². The third kappa shape index (κ3) is 2.70. The van der Waals surface area contributed by atoms with Crippen LogP contribution in [0.4, 0.5) is 5.69 Å². The van der Waals surface area contributed by atoms with Crippen molar-refractivity contribution in [3.63, 3.8) is 0 Å². The van der Waals surface area contributed by atoms with Crippen LogP contribution in [0.5, 0.6) is 0 Å². The van der Waals surface area contributed by atoms with Crippen molar-refractivity contribution >= 4 is 23.0 Å². The van der Waals surface area contributed by atoms with Crippen LogP contribution in [0.2, 0.25) is 0 Å². The summed E-state index contributed by atoms with van der Waals surface area (Å²) in [6, 6.07) is 10.6. The monoisotopic (exact) mass is 192 g/mol. The first-order chi connectivity index (χ1) is 6.34. The van der Waals surface area contributed by atoms with E-state index in [1.807, 2.05) is 30.3 Å².